The van der Waals surface area contributed by atoms with E-state index in [4.69, 9.17) is 9.47 Å². The van der Waals surface area contributed by atoms with Crippen molar-refractivity contribution in [3.8, 4) is 23.0 Å². The monoisotopic (exact) mass is 287 g/mol. The van der Waals surface area contributed by atoms with Gasteiger partial charge in [0.25, 0.3) is 0 Å². The minimum atomic E-state index is -0.0659. The Hall–Kier alpha value is -2.40. The minimum absolute atomic E-state index is 0.0508. The number of rotatable bonds is 4. The van der Waals surface area contributed by atoms with Gasteiger partial charge in [-0.3, -0.25) is 0 Å². The first-order chi connectivity index (χ1) is 10.1. The van der Waals surface area contributed by atoms with E-state index in [0.717, 1.165) is 22.6 Å². The summed E-state index contributed by atoms with van der Waals surface area (Å²) >= 11 is 0. The van der Waals surface area contributed by atoms with Gasteiger partial charge in [0.2, 0.25) is 6.79 Å². The zero-order valence-corrected chi connectivity index (χ0v) is 11.7. The first kappa shape index (κ1) is 13.6. The van der Waals surface area contributed by atoms with E-state index in [0.29, 0.717) is 6.54 Å². The average Bonchev–Trinajstić information content (AvgIpc) is 2.93. The highest BCUT2D eigenvalue weighted by Gasteiger charge is 2.18. The van der Waals surface area contributed by atoms with E-state index < -0.39 is 0 Å². The van der Waals surface area contributed by atoms with Crippen LogP contribution >= 0.6 is 0 Å². The highest BCUT2D eigenvalue weighted by atomic mass is 16.7. The second-order valence-electron chi connectivity index (χ2n) is 5.00. The first-order valence-electron chi connectivity index (χ1n) is 6.78. The normalized spacial score (nSPS) is 14.1. The van der Waals surface area contributed by atoms with Crippen molar-refractivity contribution in [2.75, 3.05) is 6.79 Å². The van der Waals surface area contributed by atoms with E-state index in [1.165, 1.54) is 6.07 Å². The maximum absolute atomic E-state index is 9.87. The van der Waals surface area contributed by atoms with Crippen LogP contribution in [0.5, 0.6) is 23.0 Å². The van der Waals surface area contributed by atoms with Crippen molar-refractivity contribution in [3.63, 3.8) is 0 Å². The Kier molecular flexibility index (Phi) is 3.58. The summed E-state index contributed by atoms with van der Waals surface area (Å²) in [6.45, 7) is 2.79. The van der Waals surface area contributed by atoms with Crippen LogP contribution in [-0.2, 0) is 6.54 Å². The molecule has 0 amide bonds. The van der Waals surface area contributed by atoms with Gasteiger partial charge in [-0.1, -0.05) is 18.2 Å². The first-order valence-corrected chi connectivity index (χ1v) is 6.78. The van der Waals surface area contributed by atoms with Crippen molar-refractivity contribution in [3.05, 3.63) is 47.5 Å². The quantitative estimate of drug-likeness (QED) is 0.806. The molecule has 1 unspecified atom stereocenters. The van der Waals surface area contributed by atoms with Gasteiger partial charge in [-0.2, -0.15) is 0 Å². The molecule has 0 saturated heterocycles. The molecule has 1 aliphatic rings. The molecule has 0 radical (unpaired) electrons. The molecule has 0 fully saturated rings. The lowest BCUT2D eigenvalue weighted by molar-refractivity contribution is 0.173. The van der Waals surface area contributed by atoms with Crippen molar-refractivity contribution in [1.82, 2.24) is 5.32 Å². The summed E-state index contributed by atoms with van der Waals surface area (Å²) in [5, 5.41) is 22.5. The third kappa shape index (κ3) is 2.73. The fourth-order valence-electron chi connectivity index (χ4n) is 2.40. The van der Waals surface area contributed by atoms with Crippen molar-refractivity contribution in [2.45, 2.75) is 19.5 Å². The van der Waals surface area contributed by atoms with Crippen LogP contribution in [0.15, 0.2) is 36.4 Å². The smallest absolute Gasteiger partial charge is 0.231 e. The van der Waals surface area contributed by atoms with Crippen LogP contribution < -0.4 is 14.8 Å². The molecule has 1 heterocycles. The Morgan fingerprint density at radius 3 is 2.86 bits per heavy atom. The number of phenolic OH excluding ortho intramolecular Hbond substituents is 2. The molecule has 110 valence electrons. The lowest BCUT2D eigenvalue weighted by atomic mass is 10.1. The van der Waals surface area contributed by atoms with Gasteiger partial charge in [0.15, 0.2) is 11.5 Å². The summed E-state index contributed by atoms with van der Waals surface area (Å²) in [6.07, 6.45) is 0. The van der Waals surface area contributed by atoms with E-state index in [1.54, 1.807) is 12.1 Å². The van der Waals surface area contributed by atoms with Crippen LogP contribution in [-0.4, -0.2) is 17.0 Å². The van der Waals surface area contributed by atoms with Gasteiger partial charge in [-0.25, -0.2) is 0 Å². The molecular weight excluding hydrogens is 270 g/mol. The third-order valence-corrected chi connectivity index (χ3v) is 3.56. The van der Waals surface area contributed by atoms with Crippen molar-refractivity contribution in [1.29, 1.82) is 0 Å². The molecule has 0 aliphatic carbocycles. The standard InChI is InChI=1S/C16H17NO4/c1-10(13-6-5-12(18)7-14(13)19)17-8-11-3-2-4-15-16(11)21-9-20-15/h2-7,10,17-19H,8-9H2,1H3. The molecule has 5 nitrogen and oxygen atoms in total. The predicted molar refractivity (Wildman–Crippen MR) is 77.6 cm³/mol. The zero-order chi connectivity index (χ0) is 14.8. The van der Waals surface area contributed by atoms with Crippen molar-refractivity contribution in [2.24, 2.45) is 0 Å². The Balaban J connectivity index is 1.72. The topological polar surface area (TPSA) is 71.0 Å². The van der Waals surface area contributed by atoms with Gasteiger partial charge in [0.05, 0.1) is 0 Å². The van der Waals surface area contributed by atoms with E-state index in [2.05, 4.69) is 5.32 Å². The maximum Gasteiger partial charge on any atom is 0.231 e. The van der Waals surface area contributed by atoms with Crippen LogP contribution in [0.1, 0.15) is 24.1 Å². The van der Waals surface area contributed by atoms with Crippen LogP contribution in [0.3, 0.4) is 0 Å². The summed E-state index contributed by atoms with van der Waals surface area (Å²) in [5.74, 6) is 1.66. The van der Waals surface area contributed by atoms with Crippen LogP contribution in [0.2, 0.25) is 0 Å². The molecule has 3 rings (SSSR count). The highest BCUT2D eigenvalue weighted by molar-refractivity contribution is 5.48. The molecule has 2 aromatic rings. The maximum atomic E-state index is 9.87. The Bertz CT molecular complexity index is 657. The molecule has 0 spiro atoms. The largest absolute Gasteiger partial charge is 0.508 e. The Morgan fingerprint density at radius 1 is 1.19 bits per heavy atom. The van der Waals surface area contributed by atoms with Crippen molar-refractivity contribution < 1.29 is 19.7 Å². The van der Waals surface area contributed by atoms with Crippen LogP contribution in [0, 0.1) is 0 Å². The number of para-hydroxylation sites is 1. The lowest BCUT2D eigenvalue weighted by Gasteiger charge is -2.16. The third-order valence-electron chi connectivity index (χ3n) is 3.56. The molecule has 1 aliphatic heterocycles. The van der Waals surface area contributed by atoms with Gasteiger partial charge in [0.1, 0.15) is 11.5 Å². The number of ether oxygens (including phenoxy) is 2. The molecule has 1 atom stereocenters. The van der Waals surface area contributed by atoms with Crippen LogP contribution in [0.25, 0.3) is 0 Å². The van der Waals surface area contributed by atoms with Gasteiger partial charge in [-0.15, -0.1) is 0 Å². The van der Waals surface area contributed by atoms with Gasteiger partial charge < -0.3 is 25.0 Å². The molecule has 0 bridgehead atoms. The molecule has 2 aromatic carbocycles. The van der Waals surface area contributed by atoms with Gasteiger partial charge >= 0.3 is 0 Å². The number of hydrogen-bond acceptors (Lipinski definition) is 5. The number of fused-ring (bicyclic) bond motifs is 1. The summed E-state index contributed by atoms with van der Waals surface area (Å²) < 4.78 is 10.8. The summed E-state index contributed by atoms with van der Waals surface area (Å²) in [4.78, 5) is 0. The molecule has 0 saturated carbocycles. The van der Waals surface area contributed by atoms with E-state index in [-0.39, 0.29) is 24.3 Å². The number of aromatic hydroxyl groups is 2. The molecule has 0 aromatic heterocycles. The van der Waals surface area contributed by atoms with Crippen molar-refractivity contribution >= 4 is 0 Å². The SMILES string of the molecule is CC(NCc1cccc2c1OCO2)c1ccc(O)cc1O. The molecule has 3 N–H and O–H groups in total. The number of benzene rings is 2. The molecule has 5 heteroatoms. The van der Waals surface area contributed by atoms with Gasteiger partial charge in [-0.05, 0) is 19.1 Å². The lowest BCUT2D eigenvalue weighted by Crippen LogP contribution is -2.18. The van der Waals surface area contributed by atoms with E-state index >= 15 is 0 Å². The molecular formula is C16H17NO4. The van der Waals surface area contributed by atoms with Gasteiger partial charge in [0, 0.05) is 29.8 Å². The molecule has 21 heavy (non-hydrogen) atoms. The second kappa shape index (κ2) is 5.54. The minimum Gasteiger partial charge on any atom is -0.508 e. The average molecular weight is 287 g/mol. The summed E-state index contributed by atoms with van der Waals surface area (Å²) in [7, 11) is 0. The fourth-order valence-corrected chi connectivity index (χ4v) is 2.40. The number of nitrogens with one attached hydrogen (secondary N) is 1. The van der Waals surface area contributed by atoms with Crippen LogP contribution in [0.4, 0.5) is 0 Å². The second-order valence-corrected chi connectivity index (χ2v) is 5.00. The van der Waals surface area contributed by atoms with E-state index in [1.807, 2.05) is 25.1 Å². The zero-order valence-electron chi connectivity index (χ0n) is 11.7. The fraction of sp³-hybridized carbons (Fsp3) is 0.250. The predicted octanol–water partition coefficient (Wildman–Crippen LogP) is 2.68. The Labute approximate surface area is 122 Å². The van der Waals surface area contributed by atoms with E-state index in [9.17, 15) is 10.2 Å². The number of phenols is 2. The highest BCUT2D eigenvalue weighted by Crippen LogP contribution is 2.35. The summed E-state index contributed by atoms with van der Waals surface area (Å²) in [6, 6.07) is 10.3. The summed E-state index contributed by atoms with van der Waals surface area (Å²) in [5.41, 5.74) is 1.74. The Morgan fingerprint density at radius 2 is 2.05 bits per heavy atom. The number of hydrogen-bond donors (Lipinski definition) is 3.